The van der Waals surface area contributed by atoms with Crippen molar-refractivity contribution in [1.82, 2.24) is 15.5 Å². The molecule has 1 aromatic carbocycles. The van der Waals surface area contributed by atoms with Gasteiger partial charge >= 0.3 is 0 Å². The maximum atomic E-state index is 5.84. The number of thioether (sulfide) groups is 1. The number of amidine groups is 1. The summed E-state index contributed by atoms with van der Waals surface area (Å²) in [7, 11) is 0. The average molecular weight is 330 g/mol. The third-order valence-electron chi connectivity index (χ3n) is 2.55. The van der Waals surface area contributed by atoms with E-state index in [4.69, 9.17) is 16.1 Å². The lowest BCUT2D eigenvalue weighted by Crippen LogP contribution is -3.00. The summed E-state index contributed by atoms with van der Waals surface area (Å²) in [5.41, 5.74) is 0.890. The second-order valence-electron chi connectivity index (χ2n) is 3.92. The Bertz CT molecular complexity index is 600. The van der Waals surface area contributed by atoms with Crippen LogP contribution in [0.15, 0.2) is 33.8 Å². The summed E-state index contributed by atoms with van der Waals surface area (Å²) < 4.78 is 5.21. The lowest BCUT2D eigenvalue weighted by atomic mass is 10.2. The van der Waals surface area contributed by atoms with Crippen molar-refractivity contribution in [3.63, 3.8) is 0 Å². The van der Waals surface area contributed by atoms with Gasteiger partial charge in [-0.15, -0.1) is 0 Å². The topological polar surface area (TPSA) is 63.3 Å². The van der Waals surface area contributed by atoms with E-state index >= 15 is 0 Å². The maximum absolute atomic E-state index is 5.84. The predicted molar refractivity (Wildman–Crippen MR) is 76.3 cm³/mol. The summed E-state index contributed by atoms with van der Waals surface area (Å²) in [6.45, 7) is 1.74. The Labute approximate surface area is 131 Å². The first-order chi connectivity index (χ1) is 9.31. The number of nitrogens with one attached hydrogen (secondary N) is 1. The van der Waals surface area contributed by atoms with Gasteiger partial charge in [-0.05, 0) is 24.3 Å². The fourth-order valence-electron chi connectivity index (χ4n) is 1.63. The molecule has 1 N–H and O–H groups in total. The SMILES string of the molecule is Clc1ccc(-c2noc(CSC3=NCCN3)n2)cc1.[Cl-]. The van der Waals surface area contributed by atoms with Gasteiger partial charge < -0.3 is 22.2 Å². The molecule has 0 saturated heterocycles. The highest BCUT2D eigenvalue weighted by Crippen LogP contribution is 2.20. The highest BCUT2D eigenvalue weighted by molar-refractivity contribution is 8.13. The van der Waals surface area contributed by atoms with Crippen molar-refractivity contribution in [2.45, 2.75) is 5.75 Å². The molecule has 3 rings (SSSR count). The molecule has 0 bridgehead atoms. The van der Waals surface area contributed by atoms with Gasteiger partial charge in [0.05, 0.1) is 12.3 Å². The molecule has 0 fully saturated rings. The lowest BCUT2D eigenvalue weighted by Gasteiger charge is -1.97. The van der Waals surface area contributed by atoms with Crippen molar-refractivity contribution in [3.8, 4) is 11.4 Å². The molecule has 1 aromatic heterocycles. The number of nitrogens with zero attached hydrogens (tertiary/aromatic N) is 3. The van der Waals surface area contributed by atoms with Gasteiger partial charge in [-0.1, -0.05) is 28.5 Å². The number of halogens is 2. The van der Waals surface area contributed by atoms with E-state index in [2.05, 4.69) is 20.4 Å². The molecule has 1 aliphatic heterocycles. The van der Waals surface area contributed by atoms with E-state index in [1.807, 2.05) is 12.1 Å². The predicted octanol–water partition coefficient (Wildman–Crippen LogP) is -0.414. The number of rotatable bonds is 3. The van der Waals surface area contributed by atoms with Gasteiger partial charge in [0, 0.05) is 17.1 Å². The van der Waals surface area contributed by atoms with E-state index < -0.39 is 0 Å². The second-order valence-corrected chi connectivity index (χ2v) is 5.32. The summed E-state index contributed by atoms with van der Waals surface area (Å²) in [5.74, 6) is 1.78. The van der Waals surface area contributed by atoms with Crippen molar-refractivity contribution in [1.29, 1.82) is 0 Å². The number of aliphatic imine (C=N–C) groups is 1. The molecular formula is C12H11Cl2N4OS-. The van der Waals surface area contributed by atoms with Crippen LogP contribution in [0.1, 0.15) is 5.89 Å². The molecule has 0 saturated carbocycles. The normalized spacial score (nSPS) is 13.6. The molecule has 20 heavy (non-hydrogen) atoms. The smallest absolute Gasteiger partial charge is 0.237 e. The van der Waals surface area contributed by atoms with Gasteiger partial charge in [0.25, 0.3) is 0 Å². The van der Waals surface area contributed by atoms with E-state index in [1.165, 1.54) is 0 Å². The third-order valence-corrected chi connectivity index (χ3v) is 3.74. The standard InChI is InChI=1S/C12H11ClN4OS.ClH/c13-9-3-1-8(2-4-9)11-16-10(18-17-11)7-19-12-14-5-6-15-12;/h1-4H,5-7H2,(H,14,15);1H/p-1. The van der Waals surface area contributed by atoms with Crippen LogP contribution in [0.4, 0.5) is 0 Å². The molecule has 2 heterocycles. The Morgan fingerprint density at radius 2 is 2.10 bits per heavy atom. The van der Waals surface area contributed by atoms with E-state index in [0.717, 1.165) is 23.8 Å². The lowest BCUT2D eigenvalue weighted by molar-refractivity contribution is -0.00000436. The van der Waals surface area contributed by atoms with Crippen LogP contribution in [-0.2, 0) is 5.75 Å². The van der Waals surface area contributed by atoms with Gasteiger partial charge in [0.2, 0.25) is 11.7 Å². The first-order valence-electron chi connectivity index (χ1n) is 5.81. The first kappa shape index (κ1) is 15.2. The van der Waals surface area contributed by atoms with Gasteiger partial charge in [-0.25, -0.2) is 0 Å². The van der Waals surface area contributed by atoms with E-state index in [-0.39, 0.29) is 12.4 Å². The van der Waals surface area contributed by atoms with E-state index in [0.29, 0.717) is 22.5 Å². The monoisotopic (exact) mass is 329 g/mol. The fourth-order valence-corrected chi connectivity index (χ4v) is 2.52. The molecule has 0 radical (unpaired) electrons. The Kier molecular flexibility index (Phi) is 5.28. The molecule has 1 aliphatic rings. The maximum Gasteiger partial charge on any atom is 0.237 e. The first-order valence-corrected chi connectivity index (χ1v) is 7.17. The molecule has 106 valence electrons. The van der Waals surface area contributed by atoms with Crippen LogP contribution < -0.4 is 17.7 Å². The summed E-state index contributed by atoms with van der Waals surface area (Å²) in [5, 5.41) is 8.76. The van der Waals surface area contributed by atoms with Crippen LogP contribution in [-0.4, -0.2) is 28.4 Å². The van der Waals surface area contributed by atoms with Gasteiger partial charge in [0.15, 0.2) is 5.17 Å². The van der Waals surface area contributed by atoms with Gasteiger partial charge in [-0.3, -0.25) is 4.99 Å². The fraction of sp³-hybridized carbons (Fsp3) is 0.250. The second kappa shape index (κ2) is 6.97. The highest BCUT2D eigenvalue weighted by Gasteiger charge is 2.11. The minimum atomic E-state index is 0. The molecule has 2 aromatic rings. The largest absolute Gasteiger partial charge is 1.00 e. The Balaban J connectivity index is 0.00000147. The summed E-state index contributed by atoms with van der Waals surface area (Å²) in [6.07, 6.45) is 0. The zero-order valence-electron chi connectivity index (χ0n) is 10.3. The zero-order valence-corrected chi connectivity index (χ0v) is 12.7. The molecule has 0 aliphatic carbocycles. The van der Waals surface area contributed by atoms with Crippen molar-refractivity contribution >= 4 is 28.5 Å². The van der Waals surface area contributed by atoms with Crippen molar-refractivity contribution in [3.05, 3.63) is 35.2 Å². The molecule has 8 heteroatoms. The molecule has 0 atom stereocenters. The number of benzene rings is 1. The van der Waals surface area contributed by atoms with Crippen LogP contribution in [0, 0.1) is 0 Å². The Morgan fingerprint density at radius 1 is 1.30 bits per heavy atom. The zero-order chi connectivity index (χ0) is 13.1. The molecule has 5 nitrogen and oxygen atoms in total. The third kappa shape index (κ3) is 3.65. The van der Waals surface area contributed by atoms with Crippen molar-refractivity contribution in [2.75, 3.05) is 13.1 Å². The van der Waals surface area contributed by atoms with Crippen LogP contribution in [0.3, 0.4) is 0 Å². The van der Waals surface area contributed by atoms with Crippen LogP contribution in [0.25, 0.3) is 11.4 Å². The van der Waals surface area contributed by atoms with Gasteiger partial charge in [0.1, 0.15) is 0 Å². The van der Waals surface area contributed by atoms with E-state index in [9.17, 15) is 0 Å². The molecule has 0 spiro atoms. The van der Waals surface area contributed by atoms with Crippen LogP contribution in [0.5, 0.6) is 0 Å². The van der Waals surface area contributed by atoms with Crippen LogP contribution in [0.2, 0.25) is 5.02 Å². The number of hydrogen-bond acceptors (Lipinski definition) is 6. The molecule has 0 unspecified atom stereocenters. The quantitative estimate of drug-likeness (QED) is 0.829. The van der Waals surface area contributed by atoms with E-state index in [1.54, 1.807) is 23.9 Å². The van der Waals surface area contributed by atoms with Gasteiger partial charge in [-0.2, -0.15) is 4.98 Å². The molecular weight excluding hydrogens is 319 g/mol. The summed E-state index contributed by atoms with van der Waals surface area (Å²) in [6, 6.07) is 7.34. The summed E-state index contributed by atoms with van der Waals surface area (Å²) >= 11 is 7.41. The Morgan fingerprint density at radius 3 is 2.80 bits per heavy atom. The van der Waals surface area contributed by atoms with Crippen molar-refractivity contribution < 1.29 is 16.9 Å². The Hall–Kier alpha value is -1.24. The minimum absolute atomic E-state index is 0. The van der Waals surface area contributed by atoms with Crippen molar-refractivity contribution in [2.24, 2.45) is 4.99 Å². The minimum Gasteiger partial charge on any atom is -1.00 e. The highest BCUT2D eigenvalue weighted by atomic mass is 35.5. The molecule has 0 amide bonds. The number of aromatic nitrogens is 2. The summed E-state index contributed by atoms with van der Waals surface area (Å²) in [4.78, 5) is 8.64. The average Bonchev–Trinajstić information content (AvgIpc) is 3.09. The number of hydrogen-bond donors (Lipinski definition) is 1. The van der Waals surface area contributed by atoms with Crippen LogP contribution >= 0.6 is 23.4 Å².